The van der Waals surface area contributed by atoms with Crippen LogP contribution in [0.2, 0.25) is 5.02 Å². The number of aromatic nitrogens is 1. The fraction of sp³-hybridized carbons (Fsp3) is 0.118. The van der Waals surface area contributed by atoms with E-state index in [1.54, 1.807) is 18.2 Å². The molecule has 0 fully saturated rings. The summed E-state index contributed by atoms with van der Waals surface area (Å²) in [5.41, 5.74) is 2.12. The molecule has 0 amide bonds. The van der Waals surface area contributed by atoms with Gasteiger partial charge in [0.05, 0.1) is 17.0 Å². The van der Waals surface area contributed by atoms with Crippen molar-refractivity contribution < 1.29 is 9.13 Å². The van der Waals surface area contributed by atoms with E-state index < -0.39 is 0 Å². The molecule has 0 aliphatic carbocycles. The summed E-state index contributed by atoms with van der Waals surface area (Å²) < 4.78 is 19.8. The van der Waals surface area contributed by atoms with Crippen LogP contribution in [-0.4, -0.2) is 11.6 Å². The van der Waals surface area contributed by atoms with Crippen LogP contribution < -0.4 is 0 Å². The summed E-state index contributed by atoms with van der Waals surface area (Å²) in [7, 11) is 0. The fourth-order valence-electron chi connectivity index (χ4n) is 2.25. The first kappa shape index (κ1) is 15.0. The Morgan fingerprint density at radius 1 is 1.41 bits per heavy atom. The van der Waals surface area contributed by atoms with E-state index >= 15 is 0 Å². The minimum absolute atomic E-state index is 0.227. The number of fused-ring (bicyclic) bond motifs is 1. The number of rotatable bonds is 4. The van der Waals surface area contributed by atoms with Crippen molar-refractivity contribution in [2.45, 2.75) is 6.92 Å². The molecule has 0 spiro atoms. The lowest BCUT2D eigenvalue weighted by Crippen LogP contribution is -1.95. The molecule has 5 heteroatoms. The molecule has 3 rings (SSSR count). The van der Waals surface area contributed by atoms with Crippen molar-refractivity contribution in [2.75, 3.05) is 6.61 Å². The molecular weight excluding hydrogens is 321 g/mol. The molecule has 0 unspecified atom stereocenters. The van der Waals surface area contributed by atoms with Gasteiger partial charge in [-0.3, -0.25) is 0 Å². The minimum atomic E-state index is -0.227. The van der Waals surface area contributed by atoms with E-state index in [0.717, 1.165) is 10.9 Å². The van der Waals surface area contributed by atoms with Gasteiger partial charge >= 0.3 is 0 Å². The lowest BCUT2D eigenvalue weighted by atomic mass is 10.1. The van der Waals surface area contributed by atoms with Crippen molar-refractivity contribution in [1.29, 1.82) is 0 Å². The second-order valence-electron chi connectivity index (χ2n) is 4.68. The summed E-state index contributed by atoms with van der Waals surface area (Å²) in [6, 6.07) is 8.49. The van der Waals surface area contributed by atoms with Crippen LogP contribution in [0.4, 0.5) is 4.39 Å². The Kier molecular flexibility index (Phi) is 4.14. The zero-order chi connectivity index (χ0) is 15.7. The van der Waals surface area contributed by atoms with Crippen LogP contribution in [0.5, 0.6) is 0 Å². The van der Waals surface area contributed by atoms with Gasteiger partial charge in [0.1, 0.15) is 17.3 Å². The normalized spacial score (nSPS) is 10.9. The van der Waals surface area contributed by atoms with Gasteiger partial charge in [-0.25, -0.2) is 9.37 Å². The third kappa shape index (κ3) is 2.72. The maximum atomic E-state index is 13.8. The molecule has 2 nitrogen and oxygen atoms in total. The first-order chi connectivity index (χ1) is 10.6. The predicted octanol–water partition coefficient (Wildman–Crippen LogP) is 5.76. The van der Waals surface area contributed by atoms with Gasteiger partial charge in [0, 0.05) is 21.4 Å². The SMILES string of the molecule is C=C(OCC)c1cc(Cl)cc(-c2csc3c(F)cccc23)n1. The van der Waals surface area contributed by atoms with E-state index in [0.29, 0.717) is 33.5 Å². The zero-order valence-corrected chi connectivity index (χ0v) is 13.5. The van der Waals surface area contributed by atoms with Gasteiger partial charge in [-0.15, -0.1) is 11.3 Å². The number of thiophene rings is 1. The maximum Gasteiger partial charge on any atom is 0.141 e. The minimum Gasteiger partial charge on any atom is -0.492 e. The van der Waals surface area contributed by atoms with Crippen LogP contribution in [-0.2, 0) is 4.74 Å². The van der Waals surface area contributed by atoms with Gasteiger partial charge in [0.2, 0.25) is 0 Å². The highest BCUT2D eigenvalue weighted by Gasteiger charge is 2.13. The van der Waals surface area contributed by atoms with Gasteiger partial charge in [-0.1, -0.05) is 30.3 Å². The number of hydrogen-bond acceptors (Lipinski definition) is 3. The molecule has 3 aromatic rings. The predicted molar refractivity (Wildman–Crippen MR) is 90.7 cm³/mol. The quantitative estimate of drug-likeness (QED) is 0.566. The second-order valence-corrected chi connectivity index (χ2v) is 5.99. The van der Waals surface area contributed by atoms with E-state index in [1.807, 2.05) is 18.4 Å². The topological polar surface area (TPSA) is 22.1 Å². The molecule has 0 radical (unpaired) electrons. The van der Waals surface area contributed by atoms with Crippen molar-refractivity contribution in [2.24, 2.45) is 0 Å². The maximum absolute atomic E-state index is 13.8. The zero-order valence-electron chi connectivity index (χ0n) is 11.9. The van der Waals surface area contributed by atoms with E-state index in [4.69, 9.17) is 16.3 Å². The lowest BCUT2D eigenvalue weighted by molar-refractivity contribution is 0.298. The molecule has 22 heavy (non-hydrogen) atoms. The second kappa shape index (κ2) is 6.07. The Hall–Kier alpha value is -1.91. The van der Waals surface area contributed by atoms with Crippen LogP contribution in [0.3, 0.4) is 0 Å². The van der Waals surface area contributed by atoms with Gasteiger partial charge < -0.3 is 4.74 Å². The number of benzene rings is 1. The van der Waals surface area contributed by atoms with Crippen LogP contribution in [0, 0.1) is 5.82 Å². The van der Waals surface area contributed by atoms with Crippen molar-refractivity contribution in [3.8, 4) is 11.3 Å². The molecule has 0 atom stereocenters. The molecule has 112 valence electrons. The first-order valence-electron chi connectivity index (χ1n) is 6.76. The average molecular weight is 334 g/mol. The Morgan fingerprint density at radius 2 is 2.23 bits per heavy atom. The average Bonchev–Trinajstić information content (AvgIpc) is 2.92. The highest BCUT2D eigenvalue weighted by Crippen LogP contribution is 2.35. The molecule has 0 saturated carbocycles. The van der Waals surface area contributed by atoms with Crippen molar-refractivity contribution in [1.82, 2.24) is 4.98 Å². The largest absolute Gasteiger partial charge is 0.492 e. The van der Waals surface area contributed by atoms with Crippen molar-refractivity contribution in [3.63, 3.8) is 0 Å². The summed E-state index contributed by atoms with van der Waals surface area (Å²) in [6.07, 6.45) is 0. The number of ether oxygens (including phenoxy) is 1. The van der Waals surface area contributed by atoms with E-state index in [1.165, 1.54) is 17.4 Å². The summed E-state index contributed by atoms with van der Waals surface area (Å²) in [5.74, 6) is 0.242. The molecule has 0 aliphatic heterocycles. The van der Waals surface area contributed by atoms with Gasteiger partial charge in [0.15, 0.2) is 0 Å². The first-order valence-corrected chi connectivity index (χ1v) is 8.01. The molecule has 0 bridgehead atoms. The molecule has 0 aliphatic rings. The summed E-state index contributed by atoms with van der Waals surface area (Å²) in [5, 5.41) is 3.25. The molecule has 1 aromatic carbocycles. The van der Waals surface area contributed by atoms with E-state index in [9.17, 15) is 4.39 Å². The molecule has 0 saturated heterocycles. The number of halogens is 2. The van der Waals surface area contributed by atoms with E-state index in [2.05, 4.69) is 11.6 Å². The number of hydrogen-bond donors (Lipinski definition) is 0. The lowest BCUT2D eigenvalue weighted by Gasteiger charge is -2.09. The fourth-order valence-corrected chi connectivity index (χ4v) is 3.42. The Balaban J connectivity index is 2.14. The third-order valence-corrected chi connectivity index (χ3v) is 4.44. The highest BCUT2D eigenvalue weighted by molar-refractivity contribution is 7.17. The van der Waals surface area contributed by atoms with Gasteiger partial charge in [-0.2, -0.15) is 0 Å². The Morgan fingerprint density at radius 3 is 3.00 bits per heavy atom. The third-order valence-electron chi connectivity index (χ3n) is 3.22. The summed E-state index contributed by atoms with van der Waals surface area (Å²) in [6.45, 7) is 6.24. The smallest absolute Gasteiger partial charge is 0.141 e. The summed E-state index contributed by atoms with van der Waals surface area (Å²) in [4.78, 5) is 4.55. The van der Waals surface area contributed by atoms with Crippen LogP contribution in [0.15, 0.2) is 42.3 Å². The Labute approximate surface area is 136 Å². The van der Waals surface area contributed by atoms with Crippen molar-refractivity contribution in [3.05, 3.63) is 58.8 Å². The van der Waals surface area contributed by atoms with Gasteiger partial charge in [-0.05, 0) is 25.1 Å². The number of pyridine rings is 1. The standard InChI is InChI=1S/C17H13ClFNOS/c1-3-21-10(2)15-7-11(18)8-16(20-15)13-9-22-17-12(13)5-4-6-14(17)19/h4-9H,2-3H2,1H3. The number of nitrogens with zero attached hydrogens (tertiary/aromatic N) is 1. The highest BCUT2D eigenvalue weighted by atomic mass is 35.5. The monoisotopic (exact) mass is 333 g/mol. The van der Waals surface area contributed by atoms with Crippen LogP contribution in [0.25, 0.3) is 27.1 Å². The Bertz CT molecular complexity index is 859. The molecule has 0 N–H and O–H groups in total. The summed E-state index contributed by atoms with van der Waals surface area (Å²) >= 11 is 7.54. The van der Waals surface area contributed by atoms with Crippen LogP contribution in [0.1, 0.15) is 12.6 Å². The van der Waals surface area contributed by atoms with Gasteiger partial charge in [0.25, 0.3) is 0 Å². The van der Waals surface area contributed by atoms with E-state index in [-0.39, 0.29) is 5.82 Å². The molecule has 2 heterocycles. The molecular formula is C17H13ClFNOS. The van der Waals surface area contributed by atoms with Crippen LogP contribution >= 0.6 is 22.9 Å². The van der Waals surface area contributed by atoms with Crippen molar-refractivity contribution >= 4 is 38.8 Å². The molecule has 2 aromatic heterocycles.